The zero-order valence-electron chi connectivity index (χ0n) is 8.69. The van der Waals surface area contributed by atoms with Crippen molar-refractivity contribution in [3.8, 4) is 0 Å². The van der Waals surface area contributed by atoms with Crippen LogP contribution in [0.5, 0.6) is 0 Å². The van der Waals surface area contributed by atoms with Crippen LogP contribution in [0.2, 0.25) is 0 Å². The summed E-state index contributed by atoms with van der Waals surface area (Å²) in [6, 6.07) is 0.400. The minimum atomic E-state index is -0.116. The first-order valence-electron chi connectivity index (χ1n) is 5.47. The standard InChI is InChI=1S/C10H19NO3/c1-2-11-5-3-4-9(11)10-13-7-8(6-12)14-10/h8-10,12H,2-7H2,1H3. The Kier molecular flexibility index (Phi) is 3.38. The Morgan fingerprint density at radius 3 is 3.00 bits per heavy atom. The predicted octanol–water partition coefficient (Wildman–Crippen LogP) is 0.204. The Hall–Kier alpha value is -0.160. The molecule has 2 saturated heterocycles. The molecule has 2 aliphatic heterocycles. The van der Waals surface area contributed by atoms with Gasteiger partial charge in [0.2, 0.25) is 0 Å². The highest BCUT2D eigenvalue weighted by Crippen LogP contribution is 2.26. The van der Waals surface area contributed by atoms with Gasteiger partial charge in [-0.2, -0.15) is 0 Å². The molecule has 0 amide bonds. The van der Waals surface area contributed by atoms with Crippen LogP contribution < -0.4 is 0 Å². The number of aliphatic hydroxyl groups is 1. The van der Waals surface area contributed by atoms with E-state index in [4.69, 9.17) is 14.6 Å². The summed E-state index contributed by atoms with van der Waals surface area (Å²) in [5, 5.41) is 8.93. The first kappa shape index (κ1) is 10.4. The molecule has 0 aromatic rings. The van der Waals surface area contributed by atoms with Crippen molar-refractivity contribution < 1.29 is 14.6 Å². The average Bonchev–Trinajstić information content (AvgIpc) is 2.85. The topological polar surface area (TPSA) is 41.9 Å². The molecule has 2 rings (SSSR count). The number of hydrogen-bond donors (Lipinski definition) is 1. The average molecular weight is 201 g/mol. The van der Waals surface area contributed by atoms with E-state index in [2.05, 4.69) is 11.8 Å². The molecule has 0 aromatic carbocycles. The molecule has 4 nitrogen and oxygen atoms in total. The van der Waals surface area contributed by atoms with Gasteiger partial charge in [-0.3, -0.25) is 4.90 Å². The van der Waals surface area contributed by atoms with E-state index in [1.807, 2.05) is 0 Å². The second kappa shape index (κ2) is 4.57. The highest BCUT2D eigenvalue weighted by molar-refractivity contribution is 4.84. The van der Waals surface area contributed by atoms with E-state index in [1.165, 1.54) is 6.42 Å². The lowest BCUT2D eigenvalue weighted by atomic mass is 10.2. The maximum atomic E-state index is 8.93. The number of rotatable bonds is 3. The summed E-state index contributed by atoms with van der Waals surface area (Å²) < 4.78 is 11.2. The van der Waals surface area contributed by atoms with Crippen molar-refractivity contribution in [3.63, 3.8) is 0 Å². The molecule has 0 spiro atoms. The van der Waals surface area contributed by atoms with Gasteiger partial charge in [-0.05, 0) is 25.9 Å². The number of nitrogens with zero attached hydrogens (tertiary/aromatic N) is 1. The largest absolute Gasteiger partial charge is 0.394 e. The minimum Gasteiger partial charge on any atom is -0.394 e. The van der Waals surface area contributed by atoms with E-state index in [1.54, 1.807) is 0 Å². The van der Waals surface area contributed by atoms with Crippen molar-refractivity contribution >= 4 is 0 Å². The third kappa shape index (κ3) is 1.93. The molecule has 2 heterocycles. The molecule has 3 unspecified atom stereocenters. The van der Waals surface area contributed by atoms with Gasteiger partial charge in [0.05, 0.1) is 19.3 Å². The fourth-order valence-electron chi connectivity index (χ4n) is 2.32. The summed E-state index contributed by atoms with van der Waals surface area (Å²) in [6.07, 6.45) is 2.15. The van der Waals surface area contributed by atoms with Crippen molar-refractivity contribution in [3.05, 3.63) is 0 Å². The van der Waals surface area contributed by atoms with Gasteiger partial charge < -0.3 is 14.6 Å². The van der Waals surface area contributed by atoms with Gasteiger partial charge in [-0.25, -0.2) is 0 Å². The molecule has 0 aliphatic carbocycles. The molecule has 3 atom stereocenters. The van der Waals surface area contributed by atoms with E-state index in [-0.39, 0.29) is 19.0 Å². The lowest BCUT2D eigenvalue weighted by Crippen LogP contribution is -2.39. The molecule has 0 aromatic heterocycles. The molecule has 1 N–H and O–H groups in total. The predicted molar refractivity (Wildman–Crippen MR) is 52.0 cm³/mol. The summed E-state index contributed by atoms with van der Waals surface area (Å²) >= 11 is 0. The van der Waals surface area contributed by atoms with Gasteiger partial charge in [0.1, 0.15) is 6.10 Å². The molecule has 0 bridgehead atoms. The normalized spacial score (nSPS) is 39.4. The lowest BCUT2D eigenvalue weighted by Gasteiger charge is -2.26. The first-order valence-corrected chi connectivity index (χ1v) is 5.47. The van der Waals surface area contributed by atoms with E-state index in [9.17, 15) is 0 Å². The summed E-state index contributed by atoms with van der Waals surface area (Å²) in [5.74, 6) is 0. The van der Waals surface area contributed by atoms with E-state index in [0.717, 1.165) is 19.5 Å². The quantitative estimate of drug-likeness (QED) is 0.708. The summed E-state index contributed by atoms with van der Waals surface area (Å²) in [7, 11) is 0. The van der Waals surface area contributed by atoms with Gasteiger partial charge in [0.15, 0.2) is 6.29 Å². The number of likely N-dealkylation sites (tertiary alicyclic amines) is 1. The second-order valence-electron chi connectivity index (χ2n) is 3.98. The van der Waals surface area contributed by atoms with Crippen molar-refractivity contribution in [2.75, 3.05) is 26.3 Å². The van der Waals surface area contributed by atoms with Gasteiger partial charge in [-0.15, -0.1) is 0 Å². The molecule has 2 fully saturated rings. The smallest absolute Gasteiger partial charge is 0.173 e. The molecule has 4 heteroatoms. The lowest BCUT2D eigenvalue weighted by molar-refractivity contribution is -0.106. The van der Waals surface area contributed by atoms with Crippen LogP contribution in [0.3, 0.4) is 0 Å². The van der Waals surface area contributed by atoms with Gasteiger partial charge >= 0.3 is 0 Å². The molecular weight excluding hydrogens is 182 g/mol. The van der Waals surface area contributed by atoms with Gasteiger partial charge in [0, 0.05) is 0 Å². The maximum absolute atomic E-state index is 8.93. The van der Waals surface area contributed by atoms with Crippen molar-refractivity contribution in [2.24, 2.45) is 0 Å². The zero-order valence-corrected chi connectivity index (χ0v) is 8.69. The summed E-state index contributed by atoms with van der Waals surface area (Å²) in [4.78, 5) is 2.39. The second-order valence-corrected chi connectivity index (χ2v) is 3.98. The van der Waals surface area contributed by atoms with Crippen molar-refractivity contribution in [1.29, 1.82) is 0 Å². The van der Waals surface area contributed by atoms with Crippen molar-refractivity contribution in [1.82, 2.24) is 4.90 Å². The van der Waals surface area contributed by atoms with Crippen LogP contribution in [0.15, 0.2) is 0 Å². The molecule has 82 valence electrons. The number of aliphatic hydroxyl groups excluding tert-OH is 1. The number of ether oxygens (including phenoxy) is 2. The Bertz CT molecular complexity index is 188. The minimum absolute atomic E-state index is 0.0648. The van der Waals surface area contributed by atoms with E-state index in [0.29, 0.717) is 12.6 Å². The van der Waals surface area contributed by atoms with Crippen LogP contribution in [0, 0.1) is 0 Å². The monoisotopic (exact) mass is 201 g/mol. The van der Waals surface area contributed by atoms with E-state index >= 15 is 0 Å². The molecule has 2 aliphatic rings. The van der Waals surface area contributed by atoms with Crippen LogP contribution in [-0.2, 0) is 9.47 Å². The number of hydrogen-bond acceptors (Lipinski definition) is 4. The van der Waals surface area contributed by atoms with Crippen molar-refractivity contribution in [2.45, 2.75) is 38.2 Å². The molecular formula is C10H19NO3. The van der Waals surface area contributed by atoms with Crippen LogP contribution in [0.25, 0.3) is 0 Å². The maximum Gasteiger partial charge on any atom is 0.173 e. The SMILES string of the molecule is CCN1CCCC1C1OCC(CO)O1. The third-order valence-corrected chi connectivity index (χ3v) is 3.11. The summed E-state index contributed by atoms with van der Waals surface area (Å²) in [5.41, 5.74) is 0. The van der Waals surface area contributed by atoms with Crippen LogP contribution in [-0.4, -0.2) is 54.7 Å². The Labute approximate surface area is 84.8 Å². The Morgan fingerprint density at radius 2 is 2.36 bits per heavy atom. The van der Waals surface area contributed by atoms with Crippen LogP contribution >= 0.6 is 0 Å². The highest BCUT2D eigenvalue weighted by Gasteiger charge is 2.37. The third-order valence-electron chi connectivity index (χ3n) is 3.11. The van der Waals surface area contributed by atoms with Crippen LogP contribution in [0.4, 0.5) is 0 Å². The molecule has 0 saturated carbocycles. The van der Waals surface area contributed by atoms with Crippen LogP contribution in [0.1, 0.15) is 19.8 Å². The Balaban J connectivity index is 1.89. The van der Waals surface area contributed by atoms with Gasteiger partial charge in [0.25, 0.3) is 0 Å². The zero-order chi connectivity index (χ0) is 9.97. The van der Waals surface area contributed by atoms with E-state index < -0.39 is 0 Å². The highest BCUT2D eigenvalue weighted by atomic mass is 16.7. The number of likely N-dealkylation sites (N-methyl/N-ethyl adjacent to an activating group) is 1. The molecule has 0 radical (unpaired) electrons. The van der Waals surface area contributed by atoms with Gasteiger partial charge in [-0.1, -0.05) is 6.92 Å². The first-order chi connectivity index (χ1) is 6.85. The molecule has 14 heavy (non-hydrogen) atoms. The summed E-state index contributed by atoms with van der Waals surface area (Å²) in [6.45, 7) is 4.97. The fourth-order valence-corrected chi connectivity index (χ4v) is 2.32. The fraction of sp³-hybridized carbons (Fsp3) is 1.00. The Morgan fingerprint density at radius 1 is 1.50 bits per heavy atom.